The number of hydrogen-bond acceptors (Lipinski definition) is 6. The summed E-state index contributed by atoms with van der Waals surface area (Å²) in [5, 5.41) is 3.96. The fourth-order valence-corrected chi connectivity index (χ4v) is 4.34. The van der Waals surface area contributed by atoms with Crippen LogP contribution < -0.4 is 10.1 Å². The van der Waals surface area contributed by atoms with Crippen LogP contribution in [-0.4, -0.2) is 56.6 Å². The first kappa shape index (κ1) is 21.5. The molecule has 4 heterocycles. The summed E-state index contributed by atoms with van der Waals surface area (Å²) in [5.41, 5.74) is 2.15. The van der Waals surface area contributed by atoms with Gasteiger partial charge in [0.2, 0.25) is 11.8 Å². The number of aromatic nitrogens is 5. The molecule has 1 fully saturated rings. The molecular formula is C22H23F3N6O2. The van der Waals surface area contributed by atoms with Crippen molar-refractivity contribution >= 4 is 22.6 Å². The van der Waals surface area contributed by atoms with Crippen molar-refractivity contribution in [1.82, 2.24) is 24.3 Å². The van der Waals surface area contributed by atoms with Gasteiger partial charge in [0.1, 0.15) is 12.3 Å². The number of imidazole rings is 1. The highest BCUT2D eigenvalue weighted by molar-refractivity contribution is 5.97. The van der Waals surface area contributed by atoms with Gasteiger partial charge in [0.15, 0.2) is 11.5 Å². The molecule has 0 aliphatic heterocycles. The van der Waals surface area contributed by atoms with Crippen LogP contribution in [-0.2, 0) is 4.74 Å². The molecule has 0 spiro atoms. The predicted octanol–water partition coefficient (Wildman–Crippen LogP) is 4.43. The highest BCUT2D eigenvalue weighted by Crippen LogP contribution is 2.35. The van der Waals surface area contributed by atoms with Gasteiger partial charge >= 0.3 is 0 Å². The zero-order valence-electron chi connectivity index (χ0n) is 17.9. The van der Waals surface area contributed by atoms with Crippen molar-refractivity contribution in [2.45, 2.75) is 44.3 Å². The highest BCUT2D eigenvalue weighted by atomic mass is 19.3. The van der Waals surface area contributed by atoms with Gasteiger partial charge in [-0.05, 0) is 31.7 Å². The summed E-state index contributed by atoms with van der Waals surface area (Å²) in [5.74, 6) is 0.331. The maximum atomic E-state index is 14.5. The van der Waals surface area contributed by atoms with E-state index >= 15 is 0 Å². The number of methoxy groups -OCH3 is 1. The predicted molar refractivity (Wildman–Crippen MR) is 116 cm³/mol. The quantitative estimate of drug-likeness (QED) is 0.424. The van der Waals surface area contributed by atoms with Crippen LogP contribution in [0.5, 0.6) is 5.88 Å². The van der Waals surface area contributed by atoms with Gasteiger partial charge in [-0.2, -0.15) is 9.97 Å². The Bertz CT molecular complexity index is 1270. The van der Waals surface area contributed by atoms with Crippen LogP contribution in [0.3, 0.4) is 0 Å². The van der Waals surface area contributed by atoms with E-state index < -0.39 is 18.8 Å². The normalized spacial score (nSPS) is 18.9. The Labute approximate surface area is 187 Å². The number of aromatic amines is 1. The van der Waals surface area contributed by atoms with Gasteiger partial charge < -0.3 is 24.2 Å². The van der Waals surface area contributed by atoms with E-state index in [1.807, 2.05) is 0 Å². The number of fused-ring (bicyclic) bond motifs is 2. The van der Waals surface area contributed by atoms with Gasteiger partial charge in [-0.3, -0.25) is 0 Å². The average Bonchev–Trinajstić information content (AvgIpc) is 3.45. The molecule has 0 unspecified atom stereocenters. The Morgan fingerprint density at radius 3 is 2.82 bits per heavy atom. The second-order valence-electron chi connectivity index (χ2n) is 8.06. The molecular weight excluding hydrogens is 437 g/mol. The first-order valence-electron chi connectivity index (χ1n) is 10.7. The number of hydrogen-bond donors (Lipinski definition) is 2. The maximum Gasteiger partial charge on any atom is 0.261 e. The summed E-state index contributed by atoms with van der Waals surface area (Å²) in [4.78, 5) is 16.2. The van der Waals surface area contributed by atoms with Crippen molar-refractivity contribution in [3.63, 3.8) is 0 Å². The molecule has 0 amide bonds. The van der Waals surface area contributed by atoms with E-state index in [-0.39, 0.29) is 17.8 Å². The third-order valence-corrected chi connectivity index (χ3v) is 5.91. The standard InChI is InChI=1S/C22H23F3N6O2/c1-32-21-18-15(12-8-16(23)20-26-6-7-31(20)10-12)9-27-19(18)29-22(30-21)28-13-2-4-14(5-3-13)33-11-17(24)25/h6-10,13-14,17H,2-5,11H2,1H3,(H2,27,28,29,30)/t13-,14+. The number of ether oxygens (including phenoxy) is 2. The number of alkyl halides is 2. The van der Waals surface area contributed by atoms with Crippen molar-refractivity contribution in [2.75, 3.05) is 19.0 Å². The minimum absolute atomic E-state index is 0.103. The number of nitrogens with zero attached hydrogens (tertiary/aromatic N) is 4. The molecule has 4 aromatic rings. The lowest BCUT2D eigenvalue weighted by atomic mass is 9.93. The molecule has 1 aliphatic carbocycles. The van der Waals surface area contributed by atoms with Crippen LogP contribution in [0, 0.1) is 5.82 Å². The SMILES string of the molecule is COc1nc(N[C@H]2CC[C@@H](OCC(F)F)CC2)nc2[nH]cc(-c3cc(F)c4nccn4c3)c12. The lowest BCUT2D eigenvalue weighted by Gasteiger charge is -2.29. The minimum atomic E-state index is -2.45. The lowest BCUT2D eigenvalue weighted by Crippen LogP contribution is -2.31. The molecule has 0 radical (unpaired) electrons. The largest absolute Gasteiger partial charge is 0.480 e. The van der Waals surface area contributed by atoms with Gasteiger partial charge in [-0.15, -0.1) is 0 Å². The number of H-pyrrole nitrogens is 1. The van der Waals surface area contributed by atoms with E-state index in [0.717, 1.165) is 12.8 Å². The first-order valence-corrected chi connectivity index (χ1v) is 10.7. The van der Waals surface area contributed by atoms with Gasteiger partial charge in [-0.1, -0.05) is 0 Å². The fraction of sp³-hybridized carbons (Fsp3) is 0.409. The van der Waals surface area contributed by atoms with Crippen molar-refractivity contribution in [3.05, 3.63) is 36.7 Å². The Morgan fingerprint density at radius 2 is 2.06 bits per heavy atom. The van der Waals surface area contributed by atoms with Crippen LogP contribution >= 0.6 is 0 Å². The zero-order valence-corrected chi connectivity index (χ0v) is 17.9. The third-order valence-electron chi connectivity index (χ3n) is 5.91. The van der Waals surface area contributed by atoms with Gasteiger partial charge in [-0.25, -0.2) is 18.2 Å². The summed E-state index contributed by atoms with van der Waals surface area (Å²) >= 11 is 0. The molecule has 0 saturated heterocycles. The summed E-state index contributed by atoms with van der Waals surface area (Å²) < 4.78 is 51.6. The molecule has 8 nitrogen and oxygen atoms in total. The van der Waals surface area contributed by atoms with E-state index in [1.165, 1.54) is 19.4 Å². The highest BCUT2D eigenvalue weighted by Gasteiger charge is 2.24. The third kappa shape index (κ3) is 4.32. The molecule has 1 saturated carbocycles. The topological polar surface area (TPSA) is 89.4 Å². The molecule has 174 valence electrons. The van der Waals surface area contributed by atoms with Crippen LogP contribution in [0.2, 0.25) is 0 Å². The van der Waals surface area contributed by atoms with E-state index in [0.29, 0.717) is 46.8 Å². The number of rotatable bonds is 7. The van der Waals surface area contributed by atoms with E-state index in [1.54, 1.807) is 23.0 Å². The summed E-state index contributed by atoms with van der Waals surface area (Å²) in [6.07, 6.45) is 7.07. The number of pyridine rings is 1. The van der Waals surface area contributed by atoms with Gasteiger partial charge in [0.05, 0.1) is 18.6 Å². The van der Waals surface area contributed by atoms with Crippen LogP contribution in [0.25, 0.3) is 27.8 Å². The first-order chi connectivity index (χ1) is 16.0. The second-order valence-corrected chi connectivity index (χ2v) is 8.06. The van der Waals surface area contributed by atoms with Gasteiger partial charge in [0.25, 0.3) is 6.43 Å². The summed E-state index contributed by atoms with van der Waals surface area (Å²) in [6, 6.07) is 1.52. The smallest absolute Gasteiger partial charge is 0.261 e. The molecule has 11 heteroatoms. The van der Waals surface area contributed by atoms with Crippen molar-refractivity contribution < 1.29 is 22.6 Å². The summed E-state index contributed by atoms with van der Waals surface area (Å²) in [7, 11) is 1.52. The molecule has 0 aromatic carbocycles. The molecule has 0 bridgehead atoms. The van der Waals surface area contributed by atoms with E-state index in [9.17, 15) is 13.2 Å². The number of anilines is 1. The Hall–Kier alpha value is -3.34. The van der Waals surface area contributed by atoms with Crippen molar-refractivity contribution in [1.29, 1.82) is 0 Å². The monoisotopic (exact) mass is 460 g/mol. The molecule has 5 rings (SSSR count). The molecule has 0 atom stereocenters. The van der Waals surface area contributed by atoms with Crippen LogP contribution in [0.15, 0.2) is 30.9 Å². The molecule has 2 N–H and O–H groups in total. The molecule has 33 heavy (non-hydrogen) atoms. The second kappa shape index (κ2) is 8.89. The minimum Gasteiger partial charge on any atom is -0.480 e. The maximum absolute atomic E-state index is 14.5. The Kier molecular flexibility index (Phi) is 5.79. The average molecular weight is 460 g/mol. The van der Waals surface area contributed by atoms with E-state index in [4.69, 9.17) is 9.47 Å². The van der Waals surface area contributed by atoms with Crippen LogP contribution in [0.4, 0.5) is 19.1 Å². The van der Waals surface area contributed by atoms with Crippen molar-refractivity contribution in [2.24, 2.45) is 0 Å². The van der Waals surface area contributed by atoms with Crippen LogP contribution in [0.1, 0.15) is 25.7 Å². The summed E-state index contributed by atoms with van der Waals surface area (Å²) in [6.45, 7) is -0.521. The molecule has 1 aliphatic rings. The van der Waals surface area contributed by atoms with Gasteiger partial charge in [0, 0.05) is 42.0 Å². The number of nitrogens with one attached hydrogen (secondary N) is 2. The Balaban J connectivity index is 1.37. The Morgan fingerprint density at radius 1 is 1.24 bits per heavy atom. The fourth-order valence-electron chi connectivity index (χ4n) is 4.34. The van der Waals surface area contributed by atoms with E-state index in [2.05, 4.69) is 25.3 Å². The molecule has 4 aromatic heterocycles. The number of halogens is 3. The zero-order chi connectivity index (χ0) is 22.9. The lowest BCUT2D eigenvalue weighted by molar-refractivity contribution is -0.0374. The van der Waals surface area contributed by atoms with Crippen molar-refractivity contribution in [3.8, 4) is 17.0 Å².